The molecule has 3 atom stereocenters. The first kappa shape index (κ1) is 13.3. The van der Waals surface area contributed by atoms with Crippen LogP contribution in [-0.4, -0.2) is 29.0 Å². The molecule has 0 aliphatic carbocycles. The molecule has 0 bridgehead atoms. The highest BCUT2D eigenvalue weighted by Crippen LogP contribution is 2.38. The topological polar surface area (TPSA) is 49.7 Å². The van der Waals surface area contributed by atoms with Gasteiger partial charge in [0.15, 0.2) is 0 Å². The molecule has 0 spiro atoms. The first-order chi connectivity index (χ1) is 8.02. The molecule has 0 amide bonds. The fourth-order valence-electron chi connectivity index (χ4n) is 2.02. The third-order valence-electron chi connectivity index (χ3n) is 3.03. The summed E-state index contributed by atoms with van der Waals surface area (Å²) in [6.45, 7) is 1.76. The number of aliphatic hydroxyl groups excluding tert-OH is 2. The fourth-order valence-corrected chi connectivity index (χ4v) is 2.91. The van der Waals surface area contributed by atoms with Crippen LogP contribution in [0, 0.1) is 6.92 Å². The molecule has 1 aliphatic rings. The molecular weight excluding hydrogens is 307 g/mol. The monoisotopic (exact) mass is 320 g/mol. The van der Waals surface area contributed by atoms with E-state index in [0.717, 1.165) is 15.6 Å². The Morgan fingerprint density at radius 3 is 2.82 bits per heavy atom. The van der Waals surface area contributed by atoms with E-state index >= 15 is 0 Å². The molecular formula is C12H14BrClO3. The van der Waals surface area contributed by atoms with Crippen LogP contribution < -0.4 is 0 Å². The summed E-state index contributed by atoms with van der Waals surface area (Å²) in [5.74, 6) is 0. The largest absolute Gasteiger partial charge is 0.394 e. The molecule has 5 heteroatoms. The second kappa shape index (κ2) is 5.24. The predicted octanol–water partition coefficient (Wildman–Crippen LogP) is 2.59. The Balaban J connectivity index is 2.27. The number of halogens is 2. The summed E-state index contributed by atoms with van der Waals surface area (Å²) in [6.07, 6.45) is -0.825. The molecule has 1 saturated heterocycles. The highest BCUT2D eigenvalue weighted by atomic mass is 79.9. The standard InChI is InChI=1S/C12H14BrClO3/c1-6-2-7(8(13)3-9(6)14)11-4-10(16)12(5-15)17-11/h2-3,10-12,15-16H,4-5H2,1H3/t10?,11-,12-/m1/s1. The Bertz CT molecular complexity index is 424. The lowest BCUT2D eigenvalue weighted by Gasteiger charge is -2.15. The van der Waals surface area contributed by atoms with Gasteiger partial charge in [-0.05, 0) is 24.1 Å². The fraction of sp³-hybridized carbons (Fsp3) is 0.500. The SMILES string of the molecule is Cc1cc([C@H]2CC(O)[C@@H](CO)O2)c(Br)cc1Cl. The number of aryl methyl sites for hydroxylation is 1. The summed E-state index contributed by atoms with van der Waals surface area (Å²) in [5, 5.41) is 19.5. The molecule has 17 heavy (non-hydrogen) atoms. The van der Waals surface area contributed by atoms with Crippen LogP contribution in [0.15, 0.2) is 16.6 Å². The van der Waals surface area contributed by atoms with E-state index in [2.05, 4.69) is 15.9 Å². The Hall–Kier alpha value is -0.130. The van der Waals surface area contributed by atoms with E-state index in [1.165, 1.54) is 0 Å². The zero-order valence-electron chi connectivity index (χ0n) is 9.36. The van der Waals surface area contributed by atoms with Gasteiger partial charge in [0.25, 0.3) is 0 Å². The van der Waals surface area contributed by atoms with Crippen LogP contribution in [0.5, 0.6) is 0 Å². The summed E-state index contributed by atoms with van der Waals surface area (Å²) in [7, 11) is 0. The molecule has 2 rings (SSSR count). The molecule has 0 saturated carbocycles. The van der Waals surface area contributed by atoms with Crippen molar-refractivity contribution >= 4 is 27.5 Å². The van der Waals surface area contributed by atoms with Crippen molar-refractivity contribution in [1.29, 1.82) is 0 Å². The van der Waals surface area contributed by atoms with Gasteiger partial charge in [0.05, 0.1) is 18.8 Å². The van der Waals surface area contributed by atoms with Crippen molar-refractivity contribution in [3.8, 4) is 0 Å². The molecule has 1 heterocycles. The van der Waals surface area contributed by atoms with Crippen molar-refractivity contribution in [1.82, 2.24) is 0 Å². The molecule has 1 unspecified atom stereocenters. The Labute approximate surface area is 113 Å². The van der Waals surface area contributed by atoms with Gasteiger partial charge in [-0.25, -0.2) is 0 Å². The maximum atomic E-state index is 9.71. The average molecular weight is 322 g/mol. The van der Waals surface area contributed by atoms with Gasteiger partial charge in [0, 0.05) is 15.9 Å². The van der Waals surface area contributed by atoms with Crippen LogP contribution >= 0.6 is 27.5 Å². The minimum Gasteiger partial charge on any atom is -0.394 e. The summed E-state index contributed by atoms with van der Waals surface area (Å²) < 4.78 is 6.48. The quantitative estimate of drug-likeness (QED) is 0.880. The molecule has 0 aromatic heterocycles. The molecule has 1 aromatic carbocycles. The lowest BCUT2D eigenvalue weighted by Crippen LogP contribution is -2.24. The second-order valence-electron chi connectivity index (χ2n) is 4.27. The van der Waals surface area contributed by atoms with E-state index in [1.807, 2.05) is 19.1 Å². The van der Waals surface area contributed by atoms with Crippen molar-refractivity contribution in [3.05, 3.63) is 32.8 Å². The smallest absolute Gasteiger partial charge is 0.107 e. The second-order valence-corrected chi connectivity index (χ2v) is 5.53. The molecule has 1 aliphatic heterocycles. The van der Waals surface area contributed by atoms with Crippen LogP contribution in [0.2, 0.25) is 5.02 Å². The van der Waals surface area contributed by atoms with Crippen LogP contribution in [0.4, 0.5) is 0 Å². The van der Waals surface area contributed by atoms with Crippen molar-refractivity contribution in [2.24, 2.45) is 0 Å². The number of aliphatic hydroxyl groups is 2. The number of rotatable bonds is 2. The van der Waals surface area contributed by atoms with Crippen molar-refractivity contribution in [2.75, 3.05) is 6.61 Å². The Kier molecular flexibility index (Phi) is 4.10. The first-order valence-corrected chi connectivity index (χ1v) is 6.60. The van der Waals surface area contributed by atoms with E-state index in [1.54, 1.807) is 0 Å². The van der Waals surface area contributed by atoms with Gasteiger partial charge in [0.1, 0.15) is 6.10 Å². The summed E-state index contributed by atoms with van der Waals surface area (Å²) in [6, 6.07) is 3.78. The molecule has 94 valence electrons. The van der Waals surface area contributed by atoms with E-state index in [-0.39, 0.29) is 12.7 Å². The predicted molar refractivity (Wildman–Crippen MR) is 69.2 cm³/mol. The highest BCUT2D eigenvalue weighted by Gasteiger charge is 2.35. The van der Waals surface area contributed by atoms with Crippen LogP contribution in [-0.2, 0) is 4.74 Å². The minimum atomic E-state index is -0.618. The third-order valence-corrected chi connectivity index (χ3v) is 4.12. The number of ether oxygens (including phenoxy) is 1. The molecule has 0 radical (unpaired) electrons. The lowest BCUT2D eigenvalue weighted by molar-refractivity contribution is -0.0227. The summed E-state index contributed by atoms with van der Waals surface area (Å²) in [5.41, 5.74) is 1.93. The first-order valence-electron chi connectivity index (χ1n) is 5.43. The molecule has 1 aromatic rings. The van der Waals surface area contributed by atoms with Gasteiger partial charge in [-0.2, -0.15) is 0 Å². The van der Waals surface area contributed by atoms with E-state index in [4.69, 9.17) is 21.4 Å². The normalized spacial score (nSPS) is 28.6. The lowest BCUT2D eigenvalue weighted by atomic mass is 10.0. The van der Waals surface area contributed by atoms with E-state index < -0.39 is 12.2 Å². The molecule has 1 fully saturated rings. The van der Waals surface area contributed by atoms with Crippen molar-refractivity contribution < 1.29 is 14.9 Å². The third kappa shape index (κ3) is 2.66. The zero-order chi connectivity index (χ0) is 12.6. The number of hydrogen-bond donors (Lipinski definition) is 2. The Morgan fingerprint density at radius 2 is 2.24 bits per heavy atom. The molecule has 3 nitrogen and oxygen atoms in total. The minimum absolute atomic E-state index is 0.165. The van der Waals surface area contributed by atoms with Gasteiger partial charge in [0.2, 0.25) is 0 Å². The highest BCUT2D eigenvalue weighted by molar-refractivity contribution is 9.10. The Morgan fingerprint density at radius 1 is 1.53 bits per heavy atom. The van der Waals surface area contributed by atoms with Gasteiger partial charge >= 0.3 is 0 Å². The van der Waals surface area contributed by atoms with Gasteiger partial charge < -0.3 is 14.9 Å². The van der Waals surface area contributed by atoms with Crippen molar-refractivity contribution in [2.45, 2.75) is 31.7 Å². The zero-order valence-corrected chi connectivity index (χ0v) is 11.7. The van der Waals surface area contributed by atoms with E-state index in [9.17, 15) is 5.11 Å². The summed E-state index contributed by atoms with van der Waals surface area (Å²) in [4.78, 5) is 0. The van der Waals surface area contributed by atoms with Crippen LogP contribution in [0.1, 0.15) is 23.7 Å². The molecule has 2 N–H and O–H groups in total. The number of hydrogen-bond acceptors (Lipinski definition) is 3. The van der Waals surface area contributed by atoms with Crippen LogP contribution in [0.25, 0.3) is 0 Å². The number of benzene rings is 1. The van der Waals surface area contributed by atoms with Crippen LogP contribution in [0.3, 0.4) is 0 Å². The van der Waals surface area contributed by atoms with E-state index in [0.29, 0.717) is 11.4 Å². The maximum Gasteiger partial charge on any atom is 0.107 e. The van der Waals surface area contributed by atoms with Gasteiger partial charge in [-0.3, -0.25) is 0 Å². The van der Waals surface area contributed by atoms with Crippen molar-refractivity contribution in [3.63, 3.8) is 0 Å². The van der Waals surface area contributed by atoms with Gasteiger partial charge in [-0.1, -0.05) is 33.6 Å². The average Bonchev–Trinajstić information content (AvgIpc) is 2.65. The maximum absolute atomic E-state index is 9.71. The summed E-state index contributed by atoms with van der Waals surface area (Å²) >= 11 is 9.46. The van der Waals surface area contributed by atoms with Gasteiger partial charge in [-0.15, -0.1) is 0 Å².